The van der Waals surface area contributed by atoms with E-state index in [0.29, 0.717) is 19.3 Å². The lowest BCUT2D eigenvalue weighted by molar-refractivity contribution is -0.374. The zero-order valence-electron chi connectivity index (χ0n) is 37.3. The number of aliphatic hydroxyl groups excluding tert-OH is 10. The smallest absolute Gasteiger partial charge is 0.187 e. The summed E-state index contributed by atoms with van der Waals surface area (Å²) in [6, 6.07) is 0. The molecule has 4 aliphatic carbocycles. The van der Waals surface area contributed by atoms with Crippen molar-refractivity contribution in [2.75, 3.05) is 13.2 Å². The molecular weight excluding hydrogens is 828 g/mol. The number of fused-ring (bicyclic) bond motifs is 7. The quantitative estimate of drug-likeness (QED) is 0.113. The number of aliphatic hydroxyl groups is 11. The monoisotopic (exact) mass is 902 g/mol. The molecule has 8 rings (SSSR count). The summed E-state index contributed by atoms with van der Waals surface area (Å²) >= 11 is 0. The van der Waals surface area contributed by atoms with Crippen molar-refractivity contribution in [2.45, 2.75) is 209 Å². The maximum atomic E-state index is 12.1. The van der Waals surface area contributed by atoms with Crippen molar-refractivity contribution in [2.24, 2.45) is 46.3 Å². The summed E-state index contributed by atoms with van der Waals surface area (Å²) in [6.07, 6.45) is -14.6. The van der Waals surface area contributed by atoms with Crippen LogP contribution in [-0.4, -0.2) is 186 Å². The molecule has 0 aromatic heterocycles. The van der Waals surface area contributed by atoms with Crippen LogP contribution in [0.15, 0.2) is 11.6 Å². The Hall–Kier alpha value is -0.980. The molecule has 4 saturated heterocycles. The molecule has 18 heteroatoms. The van der Waals surface area contributed by atoms with E-state index < -0.39 is 122 Å². The van der Waals surface area contributed by atoms with Crippen LogP contribution in [0.25, 0.3) is 0 Å². The molecule has 18 nitrogen and oxygen atoms in total. The highest BCUT2D eigenvalue weighted by Gasteiger charge is 2.69. The van der Waals surface area contributed by atoms with E-state index in [0.717, 1.165) is 31.3 Å². The van der Waals surface area contributed by atoms with Gasteiger partial charge in [0.05, 0.1) is 43.7 Å². The van der Waals surface area contributed by atoms with Crippen LogP contribution in [0.1, 0.15) is 92.9 Å². The van der Waals surface area contributed by atoms with E-state index in [4.69, 9.17) is 33.2 Å². The number of hydrogen-bond donors (Lipinski definition) is 11. The van der Waals surface area contributed by atoms with Gasteiger partial charge in [0.2, 0.25) is 0 Å². The number of allylic oxidation sites excluding steroid dienone is 1. The van der Waals surface area contributed by atoms with E-state index in [1.54, 1.807) is 6.92 Å². The second-order valence-electron chi connectivity index (χ2n) is 21.1. The summed E-state index contributed by atoms with van der Waals surface area (Å²) in [6.45, 7) is 11.3. The lowest BCUT2D eigenvalue weighted by Crippen LogP contribution is -2.65. The van der Waals surface area contributed by atoms with Gasteiger partial charge < -0.3 is 89.3 Å². The zero-order chi connectivity index (χ0) is 45.7. The maximum absolute atomic E-state index is 12.1. The molecule has 0 unspecified atom stereocenters. The fourth-order valence-corrected chi connectivity index (χ4v) is 13.6. The van der Waals surface area contributed by atoms with Gasteiger partial charge in [-0.15, -0.1) is 0 Å². The molecule has 362 valence electrons. The molecule has 0 radical (unpaired) electrons. The van der Waals surface area contributed by atoms with Crippen LogP contribution < -0.4 is 0 Å². The molecule has 4 heterocycles. The number of hydrogen-bond acceptors (Lipinski definition) is 18. The summed E-state index contributed by atoms with van der Waals surface area (Å²) in [5.41, 5.74) is 0.341. The van der Waals surface area contributed by atoms with Gasteiger partial charge in [-0.3, -0.25) is 0 Å². The molecule has 63 heavy (non-hydrogen) atoms. The maximum Gasteiger partial charge on any atom is 0.187 e. The lowest BCUT2D eigenvalue weighted by atomic mass is 9.46. The first kappa shape index (κ1) is 48.5. The second kappa shape index (κ2) is 18.2. The van der Waals surface area contributed by atoms with E-state index in [1.807, 2.05) is 6.92 Å². The minimum atomic E-state index is -1.71. The van der Waals surface area contributed by atoms with E-state index in [1.165, 1.54) is 6.92 Å². The molecule has 8 aliphatic rings. The summed E-state index contributed by atoms with van der Waals surface area (Å²) in [7, 11) is 0. The molecule has 0 bridgehead atoms. The highest BCUT2D eigenvalue weighted by Crippen LogP contribution is 2.70. The van der Waals surface area contributed by atoms with Crippen LogP contribution in [0.5, 0.6) is 0 Å². The summed E-state index contributed by atoms with van der Waals surface area (Å²) in [5.74, 6) is -0.820. The Bertz CT molecular complexity index is 1620. The number of rotatable bonds is 11. The van der Waals surface area contributed by atoms with Crippen molar-refractivity contribution in [1.82, 2.24) is 0 Å². The molecular formula is C45H74O18. The third-order valence-electron chi connectivity index (χ3n) is 17.4. The van der Waals surface area contributed by atoms with Gasteiger partial charge in [0.15, 0.2) is 24.7 Å². The fraction of sp³-hybridized carbons (Fsp3) is 0.956. The molecule has 0 amide bonds. The predicted molar refractivity (Wildman–Crippen MR) is 218 cm³/mol. The van der Waals surface area contributed by atoms with Crippen LogP contribution >= 0.6 is 0 Å². The third kappa shape index (κ3) is 8.30. The van der Waals surface area contributed by atoms with Crippen molar-refractivity contribution in [3.8, 4) is 0 Å². The third-order valence-corrected chi connectivity index (χ3v) is 17.4. The molecule has 0 spiro atoms. The molecule has 0 aromatic rings. The normalized spacial score (nSPS) is 56.2. The van der Waals surface area contributed by atoms with Crippen LogP contribution in [0.3, 0.4) is 0 Å². The van der Waals surface area contributed by atoms with E-state index >= 15 is 0 Å². The van der Waals surface area contributed by atoms with Crippen molar-refractivity contribution < 1.29 is 89.3 Å². The molecule has 3 saturated carbocycles. The fourth-order valence-electron chi connectivity index (χ4n) is 13.6. The van der Waals surface area contributed by atoms with Gasteiger partial charge in [0.1, 0.15) is 61.0 Å². The first-order chi connectivity index (χ1) is 29.6. The summed E-state index contributed by atoms with van der Waals surface area (Å²) in [5, 5.41) is 118. The standard InChI is InChI=1S/C45H74O18/c1-18(17-57-40-37(54)34(51)31(48)20(3)58-40)9-12-45(56)19(2)30-27(63-45)15-26-24-8-7-22-13-23(47)14-29(44(22,6)25(24)10-11-43(26,30)5)61-42-39(36(53)33(50)28(16-46)60-42)62-41-38(55)35(52)32(49)21(4)59-41/h7,18-21,23-42,46-56H,8-17H2,1-6H3/t18-,19+,20+,21+,23-,24-,25+,26+,27+,28-,29-,30+,31+,32+,33+,34-,35-,36+,37-,38-,39-,40-,41+,42+,43+,44+,45-/m1/s1. The minimum absolute atomic E-state index is 0.0335. The van der Waals surface area contributed by atoms with Crippen molar-refractivity contribution in [1.29, 1.82) is 0 Å². The Morgan fingerprint density at radius 2 is 1.41 bits per heavy atom. The zero-order valence-corrected chi connectivity index (χ0v) is 37.3. The second-order valence-corrected chi connectivity index (χ2v) is 21.1. The van der Waals surface area contributed by atoms with Crippen molar-refractivity contribution >= 4 is 0 Å². The predicted octanol–water partition coefficient (Wildman–Crippen LogP) is -0.833. The van der Waals surface area contributed by atoms with Gasteiger partial charge in [-0.25, -0.2) is 0 Å². The topological polar surface area (TPSA) is 287 Å². The Kier molecular flexibility index (Phi) is 14.0. The Morgan fingerprint density at radius 3 is 2.08 bits per heavy atom. The first-order valence-corrected chi connectivity index (χ1v) is 23.4. The molecule has 27 atom stereocenters. The van der Waals surface area contributed by atoms with Crippen LogP contribution in [-0.2, 0) is 33.2 Å². The molecule has 7 fully saturated rings. The Balaban J connectivity index is 0.957. The minimum Gasteiger partial charge on any atom is -0.394 e. The van der Waals surface area contributed by atoms with Crippen LogP contribution in [0.4, 0.5) is 0 Å². The highest BCUT2D eigenvalue weighted by molar-refractivity contribution is 5.29. The van der Waals surface area contributed by atoms with E-state index in [2.05, 4.69) is 26.8 Å². The van der Waals surface area contributed by atoms with E-state index in [-0.39, 0.29) is 60.1 Å². The lowest BCUT2D eigenvalue weighted by Gasteiger charge is -2.60. The summed E-state index contributed by atoms with van der Waals surface area (Å²) in [4.78, 5) is 0. The average Bonchev–Trinajstić information content (AvgIpc) is 3.68. The first-order valence-electron chi connectivity index (χ1n) is 23.4. The van der Waals surface area contributed by atoms with Gasteiger partial charge in [0.25, 0.3) is 0 Å². The van der Waals surface area contributed by atoms with Gasteiger partial charge in [-0.1, -0.05) is 39.3 Å². The van der Waals surface area contributed by atoms with Crippen molar-refractivity contribution in [3.05, 3.63) is 11.6 Å². The summed E-state index contributed by atoms with van der Waals surface area (Å²) < 4.78 is 42.8. The molecule has 4 aliphatic heterocycles. The molecule has 11 N–H and O–H groups in total. The van der Waals surface area contributed by atoms with Gasteiger partial charge in [0, 0.05) is 24.2 Å². The Morgan fingerprint density at radius 1 is 0.762 bits per heavy atom. The van der Waals surface area contributed by atoms with Crippen molar-refractivity contribution in [3.63, 3.8) is 0 Å². The SMILES string of the molecule is C[C@H](CC[C@@]1(O)O[C@H]2C[C@H]3[C@@H]4CC=C5C[C@@H](O)C[C@@H](O[C@@H]6O[C@H](CO)[C@H](O)[C@H](O)[C@H]6O[C@@H]6O[C@@H](C)[C@H](O)[C@@H](O)[C@H]6O)[C@]5(C)[C@H]4CC[C@]3(C)[C@H]2[C@@H]1C)CO[C@@H]1O[C@@H](C)[C@H](O)[C@@H](O)[C@H]1O. The highest BCUT2D eigenvalue weighted by atomic mass is 16.8. The van der Waals surface area contributed by atoms with Gasteiger partial charge >= 0.3 is 0 Å². The molecule has 0 aromatic carbocycles. The van der Waals surface area contributed by atoms with Gasteiger partial charge in [-0.2, -0.15) is 0 Å². The van der Waals surface area contributed by atoms with Gasteiger partial charge in [-0.05, 0) is 87.4 Å². The largest absolute Gasteiger partial charge is 0.394 e. The van der Waals surface area contributed by atoms with Crippen LogP contribution in [0.2, 0.25) is 0 Å². The van der Waals surface area contributed by atoms with E-state index in [9.17, 15) is 56.2 Å². The number of ether oxygens (including phenoxy) is 7. The Labute approximate surface area is 369 Å². The van der Waals surface area contributed by atoms with Crippen LogP contribution in [0, 0.1) is 46.3 Å². The average molecular weight is 903 g/mol.